The largest absolute Gasteiger partial charge is 0.550 e. The number of likely N-dealkylation sites (N-methyl/N-ethyl adjacent to an activating group) is 1. The van der Waals surface area contributed by atoms with E-state index in [-0.39, 0.29) is 12.5 Å². The Labute approximate surface area is 168 Å². The molecule has 0 rings (SSSR count). The van der Waals surface area contributed by atoms with Crippen LogP contribution in [0.15, 0.2) is 0 Å². The van der Waals surface area contributed by atoms with Crippen LogP contribution in [0.3, 0.4) is 0 Å². The average molecular weight is 386 g/mol. The van der Waals surface area contributed by atoms with E-state index in [0.717, 1.165) is 56.1 Å². The Hall–Kier alpha value is -0.610. The lowest BCUT2D eigenvalue weighted by Crippen LogP contribution is -2.46. The molecule has 1 unspecified atom stereocenters. The van der Waals surface area contributed by atoms with Gasteiger partial charge in [0, 0.05) is 5.97 Å². The molecule has 1 N–H and O–H groups in total. The lowest BCUT2D eigenvalue weighted by Gasteiger charge is -2.32. The third kappa shape index (κ3) is 19.9. The van der Waals surface area contributed by atoms with Crippen LogP contribution in [0.1, 0.15) is 110 Å². The number of unbranched alkanes of at least 4 members (excludes halogenated alkanes) is 12. The first-order valence-corrected chi connectivity index (χ1v) is 11.6. The van der Waals surface area contributed by atoms with E-state index < -0.39 is 5.97 Å². The molecule has 0 aliphatic heterocycles. The highest BCUT2D eigenvalue weighted by Crippen LogP contribution is 2.14. The van der Waals surface area contributed by atoms with Crippen molar-refractivity contribution in [2.75, 3.05) is 27.2 Å². The van der Waals surface area contributed by atoms with Crippen molar-refractivity contribution in [3.05, 3.63) is 0 Å². The molecule has 27 heavy (non-hydrogen) atoms. The Balaban J connectivity index is 3.52. The smallest absolute Gasteiger partial charge is 0.105 e. The molecule has 0 spiro atoms. The van der Waals surface area contributed by atoms with Crippen LogP contribution in [-0.4, -0.2) is 48.8 Å². The number of carboxylic acids is 1. The van der Waals surface area contributed by atoms with Gasteiger partial charge in [0.05, 0.1) is 20.6 Å². The van der Waals surface area contributed by atoms with Gasteiger partial charge in [-0.1, -0.05) is 77.6 Å². The molecule has 0 aliphatic carbocycles. The minimum absolute atomic E-state index is 0.176. The Bertz CT molecular complexity index is 345. The van der Waals surface area contributed by atoms with Gasteiger partial charge >= 0.3 is 0 Å². The molecule has 0 aromatic carbocycles. The second kappa shape index (κ2) is 17.5. The summed E-state index contributed by atoms with van der Waals surface area (Å²) in [5.41, 5.74) is 0. The average Bonchev–Trinajstić information content (AvgIpc) is 2.59. The van der Waals surface area contributed by atoms with E-state index in [2.05, 4.69) is 21.0 Å². The number of quaternary nitrogens is 1. The van der Waals surface area contributed by atoms with Gasteiger partial charge in [-0.3, -0.25) is 0 Å². The van der Waals surface area contributed by atoms with Crippen LogP contribution in [-0.2, 0) is 4.79 Å². The topological polar surface area (TPSA) is 60.4 Å². The van der Waals surface area contributed by atoms with Gasteiger partial charge in [-0.05, 0) is 32.1 Å². The zero-order valence-electron chi connectivity index (χ0n) is 18.5. The summed E-state index contributed by atoms with van der Waals surface area (Å²) >= 11 is 0. The third-order valence-electron chi connectivity index (χ3n) is 5.49. The first-order valence-electron chi connectivity index (χ1n) is 11.6. The van der Waals surface area contributed by atoms with Gasteiger partial charge in [0.15, 0.2) is 0 Å². The third-order valence-corrected chi connectivity index (χ3v) is 5.49. The predicted molar refractivity (Wildman–Crippen MR) is 112 cm³/mol. The van der Waals surface area contributed by atoms with Gasteiger partial charge in [-0.15, -0.1) is 0 Å². The normalized spacial score (nSPS) is 13.0. The molecule has 4 heteroatoms. The molecule has 0 saturated heterocycles. The van der Waals surface area contributed by atoms with E-state index in [4.69, 9.17) is 0 Å². The number of nitrogens with zero attached hydrogens (tertiary/aromatic N) is 1. The maximum Gasteiger partial charge on any atom is 0.105 e. The second-order valence-electron chi connectivity index (χ2n) is 9.00. The minimum Gasteiger partial charge on any atom is -0.550 e. The fraction of sp³-hybridized carbons (Fsp3) is 0.957. The number of hydrogen-bond donors (Lipinski definition) is 1. The molecule has 0 aromatic rings. The van der Waals surface area contributed by atoms with Crippen molar-refractivity contribution in [3.63, 3.8) is 0 Å². The van der Waals surface area contributed by atoms with Crippen LogP contribution in [0.4, 0.5) is 0 Å². The molecule has 0 amide bonds. The van der Waals surface area contributed by atoms with Crippen molar-refractivity contribution in [1.82, 2.24) is 0 Å². The fourth-order valence-electron chi connectivity index (χ4n) is 3.78. The van der Waals surface area contributed by atoms with E-state index in [1.807, 2.05) is 0 Å². The highest BCUT2D eigenvalue weighted by atomic mass is 16.4. The van der Waals surface area contributed by atoms with Gasteiger partial charge in [0.2, 0.25) is 0 Å². The van der Waals surface area contributed by atoms with Crippen LogP contribution >= 0.6 is 0 Å². The summed E-state index contributed by atoms with van der Waals surface area (Å²) in [6.07, 6.45) is 18.0. The van der Waals surface area contributed by atoms with Gasteiger partial charge in [-0.2, -0.15) is 0 Å². The molecule has 0 aromatic heterocycles. The number of carbonyl (C=O) groups is 1. The summed E-state index contributed by atoms with van der Waals surface area (Å²) in [7, 11) is 4.37. The first-order chi connectivity index (χ1) is 12.9. The van der Waals surface area contributed by atoms with Gasteiger partial charge in [-0.25, -0.2) is 0 Å². The van der Waals surface area contributed by atoms with Gasteiger partial charge in [0.1, 0.15) is 12.6 Å². The van der Waals surface area contributed by atoms with Crippen molar-refractivity contribution in [2.24, 2.45) is 0 Å². The Morgan fingerprint density at radius 1 is 0.815 bits per heavy atom. The summed E-state index contributed by atoms with van der Waals surface area (Å²) in [4.78, 5) is 10.4. The van der Waals surface area contributed by atoms with E-state index in [1.54, 1.807) is 0 Å². The van der Waals surface area contributed by atoms with Crippen LogP contribution in [0, 0.1) is 0 Å². The summed E-state index contributed by atoms with van der Waals surface area (Å²) in [6, 6.07) is 0. The molecule has 0 radical (unpaired) electrons. The van der Waals surface area contributed by atoms with Crippen molar-refractivity contribution in [2.45, 2.75) is 116 Å². The summed E-state index contributed by atoms with van der Waals surface area (Å²) in [6.45, 7) is 4.12. The summed E-state index contributed by atoms with van der Waals surface area (Å²) < 4.78 is 0.847. The van der Waals surface area contributed by atoms with E-state index >= 15 is 0 Å². The predicted octanol–water partition coefficient (Wildman–Crippen LogP) is 4.44. The van der Waals surface area contributed by atoms with Crippen molar-refractivity contribution in [1.29, 1.82) is 0 Å². The highest BCUT2D eigenvalue weighted by molar-refractivity contribution is 5.63. The minimum atomic E-state index is -0.943. The van der Waals surface area contributed by atoms with Gasteiger partial charge in [0.25, 0.3) is 0 Å². The number of rotatable bonds is 20. The number of carbonyl (C=O) groups excluding carboxylic acids is 1. The molecule has 0 bridgehead atoms. The molecule has 4 nitrogen and oxygen atoms in total. The number of aliphatic hydroxyl groups is 1. The Kier molecular flexibility index (Phi) is 17.1. The van der Waals surface area contributed by atoms with Gasteiger partial charge < -0.3 is 19.5 Å². The molecule has 0 heterocycles. The van der Waals surface area contributed by atoms with Crippen molar-refractivity contribution < 1.29 is 19.5 Å². The standard InChI is InChI=1S/C23H47NO3/c1-4-5-6-7-8-9-10-11-12-15-18-22(25)21-24(2,3)20-17-14-13-16-19-23(26)27/h22,25H,4-21H2,1-3H3. The van der Waals surface area contributed by atoms with Crippen LogP contribution in [0.25, 0.3) is 0 Å². The van der Waals surface area contributed by atoms with E-state index in [9.17, 15) is 15.0 Å². The monoisotopic (exact) mass is 385 g/mol. The fourth-order valence-corrected chi connectivity index (χ4v) is 3.78. The lowest BCUT2D eigenvalue weighted by molar-refractivity contribution is -0.893. The molecular formula is C23H47NO3. The van der Waals surface area contributed by atoms with E-state index in [0.29, 0.717) is 0 Å². The zero-order valence-corrected chi connectivity index (χ0v) is 18.5. The SMILES string of the molecule is CCCCCCCCCCCCC(O)C[N+](C)(C)CCCCCCC(=O)[O-]. The van der Waals surface area contributed by atoms with Crippen LogP contribution in [0.5, 0.6) is 0 Å². The Morgan fingerprint density at radius 2 is 1.30 bits per heavy atom. The maximum atomic E-state index is 10.4. The number of carboxylic acid groups (broad SMARTS) is 1. The molecule has 0 saturated carbocycles. The van der Waals surface area contributed by atoms with Crippen LogP contribution in [0.2, 0.25) is 0 Å². The molecule has 0 aliphatic rings. The number of aliphatic hydroxyl groups excluding tert-OH is 1. The molecule has 0 fully saturated rings. The second-order valence-corrected chi connectivity index (χ2v) is 9.00. The molecular weight excluding hydrogens is 338 g/mol. The molecule has 1 atom stereocenters. The summed E-state index contributed by atoms with van der Waals surface area (Å²) in [5, 5.41) is 20.7. The van der Waals surface area contributed by atoms with Crippen molar-refractivity contribution >= 4 is 5.97 Å². The lowest BCUT2D eigenvalue weighted by atomic mass is 10.0. The zero-order chi connectivity index (χ0) is 20.4. The quantitative estimate of drug-likeness (QED) is 0.249. The number of hydrogen-bond acceptors (Lipinski definition) is 3. The highest BCUT2D eigenvalue weighted by Gasteiger charge is 2.19. The molecule has 162 valence electrons. The maximum absolute atomic E-state index is 10.4. The summed E-state index contributed by atoms with van der Waals surface area (Å²) in [5.74, 6) is -0.943. The Morgan fingerprint density at radius 3 is 1.85 bits per heavy atom. The van der Waals surface area contributed by atoms with Crippen molar-refractivity contribution in [3.8, 4) is 0 Å². The number of aliphatic carboxylic acids is 1. The van der Waals surface area contributed by atoms with Crippen LogP contribution < -0.4 is 5.11 Å². The van der Waals surface area contributed by atoms with E-state index in [1.165, 1.54) is 57.8 Å². The first kappa shape index (κ1) is 26.4.